The molecule has 0 N–H and O–H groups in total. The molecule has 67 heavy (non-hydrogen) atoms. The maximum absolute atomic E-state index is 2.51. The van der Waals surface area contributed by atoms with Crippen LogP contribution < -0.4 is 0 Å². The predicted molar refractivity (Wildman–Crippen MR) is 285 cm³/mol. The number of rotatable bonds is 2. The molecule has 0 spiro atoms. The number of hydrogen-bond acceptors (Lipinski definition) is 0. The molecule has 0 atom stereocenters. The maximum atomic E-state index is 2.51. The fourth-order valence-corrected chi connectivity index (χ4v) is 24.5. The highest BCUT2D eigenvalue weighted by molar-refractivity contribution is 6.82. The van der Waals surface area contributed by atoms with Gasteiger partial charge in [0.05, 0.1) is 0 Å². The fraction of sp³-hybridized carbons (Fsp3) is 0.0448. The summed E-state index contributed by atoms with van der Waals surface area (Å²) in [6.07, 6.45) is 1.06. The molecule has 0 fully saturated rings. The maximum Gasteiger partial charge on any atom is 0.0378 e. The Labute approximate surface area is 364 Å². The standard InChI is InChI=1S/C67H8/c1-2-4-7(5-3-1)6-67-64-60-54-40-32-24-12-9-8-10-13(12)25-27-23-17(10)19-15-11(8)14-18-16(9)22-26(24)38(40)46-44-30(22)28(18)36-34-20(14)21(15)35-37-29(19)31(23)45-47-39(27)41(33(25)32)55(54)61(64)57(47)59-51(45)49(37)53-43(35)42(34)52-48(36)50(44)58(56(46)60)65(67)62(52)63(53)66(59)67/h1-5,64H,6H2. The first-order chi connectivity index (χ1) is 33.4. The predicted octanol–water partition coefficient (Wildman–Crippen LogP) is 18.4. The van der Waals surface area contributed by atoms with Gasteiger partial charge in [-0.2, -0.15) is 0 Å². The van der Waals surface area contributed by atoms with Crippen LogP contribution >= 0.6 is 0 Å². The first-order valence-electron chi connectivity index (χ1n) is 25.2. The van der Waals surface area contributed by atoms with E-state index < -0.39 is 0 Å². The molecule has 29 aromatic rings. The van der Waals surface area contributed by atoms with E-state index in [2.05, 4.69) is 30.3 Å². The summed E-state index contributed by atoms with van der Waals surface area (Å²) in [4.78, 5) is 0. The van der Waals surface area contributed by atoms with Gasteiger partial charge in [-0.05, 0) is 325 Å². The monoisotopic (exact) mass is 812 g/mol. The van der Waals surface area contributed by atoms with E-state index in [-0.39, 0.29) is 5.41 Å². The van der Waals surface area contributed by atoms with Crippen LogP contribution in [0.15, 0.2) is 30.3 Å². The lowest BCUT2D eigenvalue weighted by molar-refractivity contribution is 0.472. The van der Waals surface area contributed by atoms with E-state index in [0.717, 1.165) is 6.42 Å². The summed E-state index contributed by atoms with van der Waals surface area (Å²) >= 11 is 0. The summed E-state index contributed by atoms with van der Waals surface area (Å²) in [6.45, 7) is 0. The van der Waals surface area contributed by atoms with Crippen molar-refractivity contribution in [1.29, 1.82) is 0 Å². The van der Waals surface area contributed by atoms with Gasteiger partial charge in [-0.25, -0.2) is 0 Å². The van der Waals surface area contributed by atoms with Crippen molar-refractivity contribution >= 4 is 291 Å². The molecule has 0 heteroatoms. The molecule has 4 aliphatic rings. The van der Waals surface area contributed by atoms with Gasteiger partial charge >= 0.3 is 0 Å². The first-order valence-corrected chi connectivity index (χ1v) is 25.2. The highest BCUT2D eigenvalue weighted by Gasteiger charge is 2.63. The van der Waals surface area contributed by atoms with Gasteiger partial charge in [0, 0.05) is 11.3 Å². The number of hydrogen-bond donors (Lipinski definition) is 0. The molecule has 0 radical (unpaired) electrons. The summed E-state index contributed by atoms with van der Waals surface area (Å²) in [7, 11) is 0. The summed E-state index contributed by atoms with van der Waals surface area (Å²) in [5.41, 5.74) is 8.41. The van der Waals surface area contributed by atoms with Gasteiger partial charge in [0.25, 0.3) is 0 Å². The molecule has 276 valence electrons. The van der Waals surface area contributed by atoms with E-state index in [1.165, 1.54) is 5.56 Å². The van der Waals surface area contributed by atoms with Crippen molar-refractivity contribution in [2.45, 2.75) is 17.8 Å². The lowest BCUT2D eigenvalue weighted by atomic mass is 9.55. The average molecular weight is 813 g/mol. The second-order valence-corrected chi connectivity index (χ2v) is 24.9. The molecule has 33 rings (SSSR count). The Morgan fingerprint density at radius 3 is 0.627 bits per heavy atom. The molecule has 0 saturated heterocycles. The quantitative estimate of drug-likeness (QED) is 0.153. The second kappa shape index (κ2) is 5.49. The molecule has 0 aromatic heterocycles. The smallest absolute Gasteiger partial charge is 0.0378 e. The van der Waals surface area contributed by atoms with Crippen molar-refractivity contribution in [3.63, 3.8) is 0 Å². The van der Waals surface area contributed by atoms with Crippen molar-refractivity contribution in [2.75, 3.05) is 0 Å². The molecule has 0 unspecified atom stereocenters. The van der Waals surface area contributed by atoms with Crippen LogP contribution in [-0.4, -0.2) is 0 Å². The zero-order valence-electron chi connectivity index (χ0n) is 34.2. The van der Waals surface area contributed by atoms with Gasteiger partial charge in [-0.1, -0.05) is 30.3 Å². The normalized spacial score (nSPS) is 21.1. The highest BCUT2D eigenvalue weighted by atomic mass is 14.6. The molecule has 0 heterocycles. The van der Waals surface area contributed by atoms with Gasteiger partial charge in [-0.3, -0.25) is 0 Å². The van der Waals surface area contributed by atoms with Crippen LogP contribution in [-0.2, 0) is 11.8 Å². The zero-order valence-corrected chi connectivity index (χ0v) is 34.2. The average Bonchev–Trinajstić information content (AvgIpc) is 4.20. The third-order valence-corrected chi connectivity index (χ3v) is 24.6. The lowest BCUT2D eigenvalue weighted by Crippen LogP contribution is -2.39. The Morgan fingerprint density at radius 1 is 0.209 bits per heavy atom. The molecule has 0 saturated carbocycles. The van der Waals surface area contributed by atoms with Crippen molar-refractivity contribution in [2.24, 2.45) is 0 Å². The molecular weight excluding hydrogens is 805 g/mol. The zero-order chi connectivity index (χ0) is 39.4. The Balaban J connectivity index is 1.22. The van der Waals surface area contributed by atoms with Crippen molar-refractivity contribution < 1.29 is 0 Å². The Kier molecular flexibility index (Phi) is 1.99. The minimum Gasteiger partial charge on any atom is -0.0622 e. The third kappa shape index (κ3) is 1.30. The minimum atomic E-state index is -0.188. The summed E-state index contributed by atoms with van der Waals surface area (Å²) in [5, 5.41) is 90.7. The molecular formula is C67H8. The van der Waals surface area contributed by atoms with E-state index in [9.17, 15) is 0 Å². The molecule has 0 aliphatic heterocycles. The molecule has 0 bridgehead atoms. The molecule has 0 nitrogen and oxygen atoms in total. The van der Waals surface area contributed by atoms with E-state index >= 15 is 0 Å². The molecule has 29 aromatic carbocycles. The van der Waals surface area contributed by atoms with Gasteiger partial charge in [0.15, 0.2) is 0 Å². The van der Waals surface area contributed by atoms with Crippen LogP contribution in [0.1, 0.15) is 33.7 Å². The lowest BCUT2D eigenvalue weighted by Gasteiger charge is -2.45. The van der Waals surface area contributed by atoms with Crippen LogP contribution in [0.3, 0.4) is 0 Å². The van der Waals surface area contributed by atoms with Crippen LogP contribution in [0.5, 0.6) is 0 Å². The molecule has 4 aliphatic carbocycles. The van der Waals surface area contributed by atoms with Crippen molar-refractivity contribution in [3.8, 4) is 0 Å². The SMILES string of the molecule is c1ccc(CC23c4c5c6c7c8c9c(c%10c%11c2c2c4c4c%12c5c5c6c6c8c8c%13c9c9c%10c%10c%11c%11c2c2c4c4c%12c%12c5c5c6c8c6c8c%13c9c9c%10c%10c%11c2c2c4c4c%12c5c6c5c8c9c%10c2c45)C73)cc1. The largest absolute Gasteiger partial charge is 0.0622 e. The van der Waals surface area contributed by atoms with Crippen molar-refractivity contribution in [1.82, 2.24) is 0 Å². The van der Waals surface area contributed by atoms with Gasteiger partial charge in [0.1, 0.15) is 0 Å². The third-order valence-electron chi connectivity index (χ3n) is 24.6. The fourth-order valence-electron chi connectivity index (χ4n) is 24.5. The van der Waals surface area contributed by atoms with Gasteiger partial charge < -0.3 is 0 Å². The van der Waals surface area contributed by atoms with Gasteiger partial charge in [-0.15, -0.1) is 0 Å². The highest BCUT2D eigenvalue weighted by Crippen LogP contribution is 2.83. The Hall–Kier alpha value is -8.32. The van der Waals surface area contributed by atoms with Gasteiger partial charge in [0.2, 0.25) is 0 Å². The van der Waals surface area contributed by atoms with E-state index in [1.54, 1.807) is 313 Å². The first kappa shape index (κ1) is 24.3. The summed E-state index contributed by atoms with van der Waals surface area (Å²) < 4.78 is 0. The summed E-state index contributed by atoms with van der Waals surface area (Å²) in [5.74, 6) is 0.304. The van der Waals surface area contributed by atoms with Crippen LogP contribution in [0.4, 0.5) is 0 Å². The van der Waals surface area contributed by atoms with E-state index in [4.69, 9.17) is 0 Å². The van der Waals surface area contributed by atoms with E-state index in [1.807, 2.05) is 0 Å². The van der Waals surface area contributed by atoms with Crippen LogP contribution in [0, 0.1) is 0 Å². The van der Waals surface area contributed by atoms with Crippen LogP contribution in [0.2, 0.25) is 0 Å². The second-order valence-electron chi connectivity index (χ2n) is 24.9. The van der Waals surface area contributed by atoms with Crippen LogP contribution in [0.25, 0.3) is 291 Å². The Morgan fingerprint density at radius 2 is 0.388 bits per heavy atom. The summed E-state index contributed by atoms with van der Waals surface area (Å²) in [6, 6.07) is 12.0. The Bertz CT molecular complexity index is 6980. The van der Waals surface area contributed by atoms with Crippen molar-refractivity contribution in [3.05, 3.63) is 58.1 Å². The topological polar surface area (TPSA) is 0 Å². The van der Waals surface area contributed by atoms with E-state index in [0.29, 0.717) is 5.92 Å². The number of benzene rings is 19. The minimum absolute atomic E-state index is 0.188. The molecule has 0 amide bonds.